The summed E-state index contributed by atoms with van der Waals surface area (Å²) in [6.45, 7) is 3.53. The molecule has 0 saturated carbocycles. The van der Waals surface area contributed by atoms with E-state index in [0.717, 1.165) is 6.92 Å². The second-order valence-electron chi connectivity index (χ2n) is 23.4. The number of urea groups is 1. The minimum Gasteiger partial charge on any atom is -0.508 e. The van der Waals surface area contributed by atoms with Crippen molar-refractivity contribution in [2.75, 3.05) is 13.2 Å². The summed E-state index contributed by atoms with van der Waals surface area (Å²) in [5, 5.41) is 62.7. The zero-order chi connectivity index (χ0) is 72.2. The molecule has 98 heavy (non-hydrogen) atoms. The molecule has 0 bridgehead atoms. The number of nitrogens with two attached hydrogens (primary N) is 4. The van der Waals surface area contributed by atoms with Gasteiger partial charge in [0, 0.05) is 56.3 Å². The molecule has 0 spiro atoms. The fourth-order valence-corrected chi connectivity index (χ4v) is 10.0. The molecule has 5 aromatic rings. The van der Waals surface area contributed by atoms with Crippen molar-refractivity contribution >= 4 is 93.8 Å². The van der Waals surface area contributed by atoms with Crippen LogP contribution in [0.3, 0.4) is 0 Å². The molecule has 0 aliphatic carbocycles. The average molecular weight is 1360 g/mol. The molecule has 0 unspecified atom stereocenters. The normalized spacial score (nSPS) is 13.7. The van der Waals surface area contributed by atoms with Gasteiger partial charge in [0.05, 0.1) is 19.4 Å². The number of hydrogen-bond donors (Lipinski definition) is 21. The Bertz CT molecular complexity index is 3650. The Morgan fingerprint density at radius 3 is 1.41 bits per heavy atom. The van der Waals surface area contributed by atoms with Crippen molar-refractivity contribution in [3.8, 4) is 11.5 Å². The number of carbonyl (C=O) groups is 13. The van der Waals surface area contributed by atoms with Gasteiger partial charge in [-0.15, -0.1) is 0 Å². The molecule has 0 aliphatic rings. The molecule has 14 amide bonds. The molecular weight excluding hydrogens is 1280 g/mol. The van der Waals surface area contributed by atoms with Gasteiger partial charge in [-0.1, -0.05) is 86.6 Å². The van der Waals surface area contributed by atoms with Crippen LogP contribution in [-0.2, 0) is 83.2 Å². The van der Waals surface area contributed by atoms with Gasteiger partial charge in [0.25, 0.3) is 5.91 Å². The van der Waals surface area contributed by atoms with E-state index in [0.29, 0.717) is 33.2 Å². The highest BCUT2D eigenvalue weighted by molar-refractivity contribution is 6.00. The number of phenolic OH excluding ortho intramolecular Hbond substituents is 2. The van der Waals surface area contributed by atoms with Crippen molar-refractivity contribution in [1.82, 2.24) is 69.0 Å². The van der Waals surface area contributed by atoms with Crippen molar-refractivity contribution in [3.05, 3.63) is 132 Å². The molecule has 0 saturated heterocycles. The number of para-hydroxylation sites is 1. The standard InChI is InChI=1S/C64H84N18O16/c1-33(2)24-45(56(91)73-43(14-9-23-70-63(68)69)55(90)74-44(54(67)89)25-36-15-19-39(85)20-16-36)80-64(98)82-81-62(97)47(26-35-10-5-4-6-11-35)75-61(96)51(32-83)79-60(95)50(30-53(66)88)78-58(93)48(28-38-31-71-42-13-8-7-12-41(38)42)76-59(94)49(29-52(65)87)77-57(92)46(72-34(3)84)27-37-17-21-40(86)22-18-37/h4-8,10-13,15-22,31,33,43-51,71,83,85-86H,9,14,23-30,32H2,1-3H3,(H2,65,87)(H2,66,88)(H2,67,89)(H,72,84)(H,73,91)(H,74,90)(H,75,96)(H,76,94)(H,77,92)(H,78,93)(H,79,95)(H,81,97)(H4,68,69,70)(H2,80,82,98)/t43-,44-,45-,46-,47-,48-,49-,50-,51-/m0/s1. The molecule has 0 fully saturated rings. The third-order valence-electron chi connectivity index (χ3n) is 14.9. The van der Waals surface area contributed by atoms with Gasteiger partial charge in [-0.2, -0.15) is 0 Å². The summed E-state index contributed by atoms with van der Waals surface area (Å²) < 4.78 is 0. The van der Waals surface area contributed by atoms with Crippen LogP contribution in [0.25, 0.3) is 10.9 Å². The number of H-pyrrole nitrogens is 1. The van der Waals surface area contributed by atoms with Crippen LogP contribution in [0.15, 0.2) is 109 Å². The van der Waals surface area contributed by atoms with E-state index in [1.54, 1.807) is 68.4 Å². The van der Waals surface area contributed by atoms with Crippen LogP contribution in [0.2, 0.25) is 0 Å². The van der Waals surface area contributed by atoms with Gasteiger partial charge in [-0.05, 0) is 77.8 Å². The lowest BCUT2D eigenvalue weighted by molar-refractivity contribution is -0.137. The van der Waals surface area contributed by atoms with Gasteiger partial charge in [-0.3, -0.25) is 68.4 Å². The average Bonchev–Trinajstić information content (AvgIpc) is 1.61. The van der Waals surface area contributed by atoms with Crippen molar-refractivity contribution in [1.29, 1.82) is 5.41 Å². The molecule has 34 heteroatoms. The first-order valence-electron chi connectivity index (χ1n) is 30.9. The van der Waals surface area contributed by atoms with Gasteiger partial charge in [0.2, 0.25) is 65.0 Å². The molecule has 5 rings (SSSR count). The second kappa shape index (κ2) is 37.9. The number of hydrogen-bond acceptors (Lipinski definition) is 17. The minimum atomic E-state index is -1.95. The lowest BCUT2D eigenvalue weighted by Crippen LogP contribution is -2.62. The predicted octanol–water partition coefficient (Wildman–Crippen LogP) is -4.02. The summed E-state index contributed by atoms with van der Waals surface area (Å²) in [4.78, 5) is 179. The van der Waals surface area contributed by atoms with Crippen LogP contribution in [0, 0.1) is 11.3 Å². The third kappa shape index (κ3) is 25.8. The number of aliphatic hydroxyl groups is 1. The summed E-state index contributed by atoms with van der Waals surface area (Å²) in [6, 6.07) is 10.8. The quantitative estimate of drug-likeness (QED) is 0.00779. The Hall–Kier alpha value is -11.8. The van der Waals surface area contributed by atoms with Crippen molar-refractivity contribution < 1.29 is 77.6 Å². The van der Waals surface area contributed by atoms with E-state index >= 15 is 0 Å². The number of benzene rings is 4. The number of primary amides is 3. The van der Waals surface area contributed by atoms with Crippen LogP contribution >= 0.6 is 0 Å². The molecule has 9 atom stereocenters. The SMILES string of the molecule is CC(=O)N[C@@H](Cc1ccc(O)cc1)C(=O)N[C@@H](CC(N)=O)C(=O)N[C@@H](Cc1c[nH]c2ccccc12)C(=O)N[C@@H](CC(N)=O)C(=O)N[C@@H](CO)C(=O)N[C@@H](Cc1ccccc1)C(=O)NNC(=O)N[C@@H](CC(C)C)C(=O)N[C@@H](CCCNC(=N)N)C(=O)N[C@@H](Cc1ccc(O)cc1)C(N)=O. The number of phenols is 2. The minimum absolute atomic E-state index is 0.0282. The lowest BCUT2D eigenvalue weighted by atomic mass is 10.0. The van der Waals surface area contributed by atoms with Gasteiger partial charge < -0.3 is 96.4 Å². The second-order valence-corrected chi connectivity index (χ2v) is 23.4. The van der Waals surface area contributed by atoms with E-state index in [4.69, 9.17) is 28.3 Å². The van der Waals surface area contributed by atoms with E-state index in [2.05, 4.69) is 69.0 Å². The fourth-order valence-electron chi connectivity index (χ4n) is 10.0. The van der Waals surface area contributed by atoms with Crippen molar-refractivity contribution in [3.63, 3.8) is 0 Å². The van der Waals surface area contributed by atoms with Gasteiger partial charge in [0.15, 0.2) is 5.96 Å². The van der Waals surface area contributed by atoms with E-state index in [9.17, 15) is 77.6 Å². The van der Waals surface area contributed by atoms with Crippen LogP contribution in [0.1, 0.15) is 75.1 Å². The smallest absolute Gasteiger partial charge is 0.334 e. The largest absolute Gasteiger partial charge is 0.508 e. The number of aromatic hydroxyl groups is 2. The van der Waals surface area contributed by atoms with Crippen LogP contribution in [0.5, 0.6) is 11.5 Å². The zero-order valence-corrected chi connectivity index (χ0v) is 53.9. The predicted molar refractivity (Wildman–Crippen MR) is 353 cm³/mol. The number of aliphatic hydroxyl groups excluding tert-OH is 1. The molecule has 1 aromatic heterocycles. The van der Waals surface area contributed by atoms with Crippen molar-refractivity contribution in [2.24, 2.45) is 28.9 Å². The maximum atomic E-state index is 14.5. The first-order valence-corrected chi connectivity index (χ1v) is 30.9. The first kappa shape index (κ1) is 76.9. The summed E-state index contributed by atoms with van der Waals surface area (Å²) in [7, 11) is 0. The van der Waals surface area contributed by atoms with Crippen LogP contribution < -0.4 is 87.0 Å². The maximum Gasteiger partial charge on any atom is 0.334 e. The Morgan fingerprint density at radius 1 is 0.469 bits per heavy atom. The number of fused-ring (bicyclic) bond motifs is 1. The Balaban J connectivity index is 1.32. The Kier molecular flexibility index (Phi) is 29.7. The third-order valence-corrected chi connectivity index (χ3v) is 14.9. The van der Waals surface area contributed by atoms with E-state index < -0.39 is 151 Å². The zero-order valence-electron chi connectivity index (χ0n) is 53.9. The molecule has 4 aromatic carbocycles. The number of carbonyl (C=O) groups excluding carboxylic acids is 13. The molecule has 0 radical (unpaired) electrons. The summed E-state index contributed by atoms with van der Waals surface area (Å²) in [6.07, 6.45) is -1.05. The van der Waals surface area contributed by atoms with Crippen LogP contribution in [-0.4, -0.2) is 171 Å². The number of aromatic nitrogens is 1. The van der Waals surface area contributed by atoms with Crippen LogP contribution in [0.4, 0.5) is 4.79 Å². The lowest BCUT2D eigenvalue weighted by Gasteiger charge is -2.27. The van der Waals surface area contributed by atoms with Gasteiger partial charge in [-0.25, -0.2) is 10.2 Å². The van der Waals surface area contributed by atoms with E-state index in [1.165, 1.54) is 54.7 Å². The molecule has 526 valence electrons. The topological polar surface area (TPSA) is 571 Å². The van der Waals surface area contributed by atoms with E-state index in [1.807, 2.05) is 0 Å². The van der Waals surface area contributed by atoms with Gasteiger partial charge >= 0.3 is 6.03 Å². The van der Waals surface area contributed by atoms with Crippen molar-refractivity contribution in [2.45, 2.75) is 133 Å². The highest BCUT2D eigenvalue weighted by Gasteiger charge is 2.36. The molecule has 1 heterocycles. The summed E-state index contributed by atoms with van der Waals surface area (Å²) in [5.41, 5.74) is 28.9. The summed E-state index contributed by atoms with van der Waals surface area (Å²) >= 11 is 0. The van der Waals surface area contributed by atoms with Gasteiger partial charge in [0.1, 0.15) is 65.9 Å². The molecular formula is C64H84N18O16. The molecule has 25 N–H and O–H groups in total. The Morgan fingerprint density at radius 2 is 0.898 bits per heavy atom. The fraction of sp³-hybridized carbons (Fsp3) is 0.375. The number of aromatic amines is 1. The maximum absolute atomic E-state index is 14.5. The van der Waals surface area contributed by atoms with E-state index in [-0.39, 0.29) is 74.9 Å². The molecule has 34 nitrogen and oxygen atoms in total. The summed E-state index contributed by atoms with van der Waals surface area (Å²) in [5.74, 6) is -13.1. The number of guanidine groups is 1. The monoisotopic (exact) mass is 1360 g/mol. The highest BCUT2D eigenvalue weighted by atomic mass is 16.3. The first-order chi connectivity index (χ1) is 46.5. The highest BCUT2D eigenvalue weighted by Crippen LogP contribution is 2.20. The molecule has 0 aliphatic heterocycles. The number of hydrazine groups is 1. The Labute approximate surface area is 561 Å². The number of rotatable bonds is 37. The number of nitrogens with one attached hydrogen (secondary N) is 14. The number of amides is 14.